The van der Waals surface area contributed by atoms with Gasteiger partial charge >= 0.3 is 0 Å². The molecule has 0 bridgehead atoms. The zero-order chi connectivity index (χ0) is 20.3. The summed E-state index contributed by atoms with van der Waals surface area (Å²) < 4.78 is 23.1. The van der Waals surface area contributed by atoms with Crippen molar-refractivity contribution in [3.8, 4) is 11.1 Å². The molecule has 2 N–H and O–H groups in total. The number of benzene rings is 2. The number of anilines is 1. The second-order valence-electron chi connectivity index (χ2n) is 6.43. The summed E-state index contributed by atoms with van der Waals surface area (Å²) in [7, 11) is -2.25. The molecule has 0 radical (unpaired) electrons. The van der Waals surface area contributed by atoms with Crippen molar-refractivity contribution in [1.29, 1.82) is 0 Å². The van der Waals surface area contributed by atoms with Crippen molar-refractivity contribution >= 4 is 32.4 Å². The molecule has 28 heavy (non-hydrogen) atoms. The number of hydrogen-bond acceptors (Lipinski definition) is 5. The Morgan fingerprint density at radius 3 is 2.43 bits per heavy atom. The van der Waals surface area contributed by atoms with Crippen LogP contribution in [0.1, 0.15) is 17.7 Å². The number of carbonyl (C=O) groups excluding carboxylic acids is 1. The lowest BCUT2D eigenvalue weighted by Gasteiger charge is -2.14. The molecule has 1 amide bonds. The summed E-state index contributed by atoms with van der Waals surface area (Å²) in [6, 6.07) is 18.1. The maximum absolute atomic E-state index is 12.6. The van der Waals surface area contributed by atoms with Gasteiger partial charge in [0.1, 0.15) is 0 Å². The Labute approximate surface area is 168 Å². The number of primary sulfonamides is 1. The fourth-order valence-corrected chi connectivity index (χ4v) is 4.76. The van der Waals surface area contributed by atoms with Crippen LogP contribution in [-0.2, 0) is 21.2 Å². The third-order valence-corrected chi connectivity index (χ3v) is 7.11. The molecule has 2 aromatic carbocycles. The van der Waals surface area contributed by atoms with Gasteiger partial charge < -0.3 is 0 Å². The van der Waals surface area contributed by atoms with E-state index in [1.54, 1.807) is 14.0 Å². The van der Waals surface area contributed by atoms with Crippen LogP contribution in [0.3, 0.4) is 0 Å². The lowest BCUT2D eigenvalue weighted by Crippen LogP contribution is -2.26. The maximum Gasteiger partial charge on any atom is 0.249 e. The zero-order valence-corrected chi connectivity index (χ0v) is 17.3. The molecule has 146 valence electrons. The predicted octanol–water partition coefficient (Wildman–Crippen LogP) is 3.36. The average molecular weight is 416 g/mol. The molecule has 0 fully saturated rings. The van der Waals surface area contributed by atoms with E-state index in [9.17, 15) is 13.2 Å². The fraction of sp³-hybridized carbons (Fsp3) is 0.200. The van der Waals surface area contributed by atoms with Crippen molar-refractivity contribution in [2.75, 3.05) is 11.9 Å². The summed E-state index contributed by atoms with van der Waals surface area (Å²) in [6.07, 6.45) is 0.869. The van der Waals surface area contributed by atoms with Crippen LogP contribution in [0.5, 0.6) is 0 Å². The molecular weight excluding hydrogens is 394 g/mol. The molecule has 0 spiro atoms. The van der Waals surface area contributed by atoms with E-state index in [0.717, 1.165) is 28.0 Å². The van der Waals surface area contributed by atoms with Crippen LogP contribution < -0.4 is 10.0 Å². The first-order valence-corrected chi connectivity index (χ1v) is 11.0. The topological polar surface area (TPSA) is 93.4 Å². The van der Waals surface area contributed by atoms with Crippen molar-refractivity contribution in [3.05, 3.63) is 65.9 Å². The summed E-state index contributed by atoms with van der Waals surface area (Å²) >= 11 is 0.905. The number of amides is 1. The largest absolute Gasteiger partial charge is 0.291 e. The minimum absolute atomic E-state index is 0.0160. The number of aryl methyl sites for hydroxylation is 2. The molecule has 3 rings (SSSR count). The van der Waals surface area contributed by atoms with E-state index < -0.39 is 10.0 Å². The first-order chi connectivity index (χ1) is 13.3. The average Bonchev–Trinajstić information content (AvgIpc) is 3.08. The second kappa shape index (κ2) is 8.22. The van der Waals surface area contributed by atoms with Gasteiger partial charge in [0.2, 0.25) is 15.9 Å². The highest BCUT2D eigenvalue weighted by atomic mass is 32.2. The predicted molar refractivity (Wildman–Crippen MR) is 112 cm³/mol. The van der Waals surface area contributed by atoms with Gasteiger partial charge in [-0.3, -0.25) is 9.69 Å². The van der Waals surface area contributed by atoms with Gasteiger partial charge in [-0.25, -0.2) is 18.5 Å². The quantitative estimate of drug-likeness (QED) is 0.668. The molecule has 3 aromatic rings. The number of sulfonamides is 1. The molecule has 0 aliphatic heterocycles. The third-order valence-electron chi connectivity index (χ3n) is 4.32. The molecule has 6 nitrogen and oxygen atoms in total. The lowest BCUT2D eigenvalue weighted by molar-refractivity contribution is -0.118. The normalized spacial score (nSPS) is 11.4. The Morgan fingerprint density at radius 2 is 1.79 bits per heavy atom. The van der Waals surface area contributed by atoms with E-state index in [-0.39, 0.29) is 16.5 Å². The third kappa shape index (κ3) is 4.64. The molecule has 0 aliphatic rings. The highest BCUT2D eigenvalue weighted by Crippen LogP contribution is 2.29. The standard InChI is InChI=1S/C20H21N3O3S2/c1-14-19(28(21,25)26)27-20(22-14)23(2)18(24)12-11-15-7-6-10-17(13-15)16-8-4-3-5-9-16/h3-10,13H,11-12H2,1-2H3,(H2,21,25,26). The van der Waals surface area contributed by atoms with Gasteiger partial charge in [0.25, 0.3) is 0 Å². The maximum atomic E-state index is 12.6. The molecule has 0 atom stereocenters. The van der Waals surface area contributed by atoms with Crippen LogP contribution in [0.25, 0.3) is 11.1 Å². The molecule has 0 saturated carbocycles. The van der Waals surface area contributed by atoms with E-state index in [1.165, 1.54) is 4.90 Å². The van der Waals surface area contributed by atoms with Crippen LogP contribution in [0, 0.1) is 6.92 Å². The highest BCUT2D eigenvalue weighted by Gasteiger charge is 2.22. The van der Waals surface area contributed by atoms with Gasteiger partial charge in [-0.05, 0) is 30.0 Å². The number of rotatable bonds is 6. The number of nitrogens with zero attached hydrogens (tertiary/aromatic N) is 2. The van der Waals surface area contributed by atoms with Crippen LogP contribution >= 0.6 is 11.3 Å². The smallest absolute Gasteiger partial charge is 0.249 e. The van der Waals surface area contributed by atoms with E-state index in [1.807, 2.05) is 48.5 Å². The van der Waals surface area contributed by atoms with Gasteiger partial charge in [-0.1, -0.05) is 65.9 Å². The van der Waals surface area contributed by atoms with E-state index >= 15 is 0 Å². The minimum Gasteiger partial charge on any atom is -0.291 e. The molecule has 0 aliphatic carbocycles. The van der Waals surface area contributed by atoms with Crippen molar-refractivity contribution in [3.63, 3.8) is 0 Å². The van der Waals surface area contributed by atoms with Crippen molar-refractivity contribution in [2.45, 2.75) is 24.0 Å². The Bertz CT molecular complexity index is 1090. The number of thiazole rings is 1. The number of nitrogens with two attached hydrogens (primary N) is 1. The number of carbonyl (C=O) groups is 1. The molecule has 1 aromatic heterocycles. The first kappa shape index (κ1) is 20.2. The summed E-state index contributed by atoms with van der Waals surface area (Å²) in [6.45, 7) is 1.56. The molecule has 0 unspecified atom stereocenters. The Hall–Kier alpha value is -2.55. The number of aromatic nitrogens is 1. The Balaban J connectivity index is 1.69. The first-order valence-electron chi connectivity index (χ1n) is 8.67. The Morgan fingerprint density at radius 1 is 1.11 bits per heavy atom. The SMILES string of the molecule is Cc1nc(N(C)C(=O)CCc2cccc(-c3ccccc3)c2)sc1S(N)(=O)=O. The van der Waals surface area contributed by atoms with Crippen molar-refractivity contribution in [2.24, 2.45) is 5.14 Å². The van der Waals surface area contributed by atoms with Gasteiger partial charge in [-0.15, -0.1) is 0 Å². The van der Waals surface area contributed by atoms with Crippen LogP contribution in [0.4, 0.5) is 5.13 Å². The van der Waals surface area contributed by atoms with Gasteiger partial charge in [0.05, 0.1) is 5.69 Å². The fourth-order valence-electron chi connectivity index (χ4n) is 2.84. The van der Waals surface area contributed by atoms with Gasteiger partial charge in [0.15, 0.2) is 9.34 Å². The second-order valence-corrected chi connectivity index (χ2v) is 9.17. The molecule has 8 heteroatoms. The van der Waals surface area contributed by atoms with E-state index in [0.29, 0.717) is 17.2 Å². The lowest BCUT2D eigenvalue weighted by atomic mass is 10.0. The van der Waals surface area contributed by atoms with E-state index in [2.05, 4.69) is 11.1 Å². The zero-order valence-electron chi connectivity index (χ0n) is 15.6. The summed E-state index contributed by atoms with van der Waals surface area (Å²) in [4.78, 5) is 18.1. The summed E-state index contributed by atoms with van der Waals surface area (Å²) in [5, 5.41) is 5.51. The summed E-state index contributed by atoms with van der Waals surface area (Å²) in [5.74, 6) is -0.139. The molecular formula is C20H21N3O3S2. The Kier molecular flexibility index (Phi) is 5.93. The van der Waals surface area contributed by atoms with Gasteiger partial charge in [-0.2, -0.15) is 0 Å². The van der Waals surface area contributed by atoms with E-state index in [4.69, 9.17) is 5.14 Å². The molecule has 0 saturated heterocycles. The summed E-state index contributed by atoms with van der Waals surface area (Å²) in [5.41, 5.74) is 3.59. The van der Waals surface area contributed by atoms with Crippen LogP contribution in [0.2, 0.25) is 0 Å². The van der Waals surface area contributed by atoms with Crippen molar-refractivity contribution in [1.82, 2.24) is 4.98 Å². The van der Waals surface area contributed by atoms with Crippen molar-refractivity contribution < 1.29 is 13.2 Å². The minimum atomic E-state index is -3.84. The molecule has 1 heterocycles. The highest BCUT2D eigenvalue weighted by molar-refractivity contribution is 7.91. The number of hydrogen-bond donors (Lipinski definition) is 1. The van der Waals surface area contributed by atoms with Crippen LogP contribution in [0.15, 0.2) is 58.8 Å². The van der Waals surface area contributed by atoms with Crippen LogP contribution in [-0.4, -0.2) is 26.4 Å². The monoisotopic (exact) mass is 415 g/mol. The van der Waals surface area contributed by atoms with Gasteiger partial charge in [0, 0.05) is 13.5 Å².